The van der Waals surface area contributed by atoms with Gasteiger partial charge in [0, 0.05) is 17.3 Å². The van der Waals surface area contributed by atoms with Crippen LogP contribution in [-0.4, -0.2) is 39.6 Å². The largest absolute Gasteiger partial charge is 0.478 e. The molecule has 172 valence electrons. The highest BCUT2D eigenvalue weighted by Crippen LogP contribution is 2.35. The number of anilines is 1. The zero-order valence-electron chi connectivity index (χ0n) is 17.7. The van der Waals surface area contributed by atoms with Gasteiger partial charge in [-0.3, -0.25) is 19.3 Å². The first-order valence-corrected chi connectivity index (χ1v) is 11.2. The molecule has 1 fully saturated rings. The highest BCUT2D eigenvalue weighted by atomic mass is 35.5. The van der Waals surface area contributed by atoms with Gasteiger partial charge in [-0.25, -0.2) is 4.79 Å². The summed E-state index contributed by atoms with van der Waals surface area (Å²) in [6.45, 7) is 1.46. The average molecular weight is 497 g/mol. The van der Waals surface area contributed by atoms with Crippen molar-refractivity contribution in [3.05, 3.63) is 81.4 Å². The van der Waals surface area contributed by atoms with Gasteiger partial charge >= 0.3 is 5.97 Å². The summed E-state index contributed by atoms with van der Waals surface area (Å²) in [6.07, 6.45) is 1.39. The Balaban J connectivity index is 1.49. The number of carboxylic acids is 1. The second kappa shape index (κ2) is 9.58. The van der Waals surface area contributed by atoms with Gasteiger partial charge in [-0.15, -0.1) is 0 Å². The smallest absolute Gasteiger partial charge is 0.335 e. The van der Waals surface area contributed by atoms with Gasteiger partial charge in [-0.2, -0.15) is 0 Å². The number of nitrogens with one attached hydrogen (secondary N) is 1. The fraction of sp³-hybridized carbons (Fsp3) is 0.0833. The molecule has 1 saturated heterocycles. The van der Waals surface area contributed by atoms with Gasteiger partial charge in [0.2, 0.25) is 5.91 Å². The Morgan fingerprint density at radius 2 is 1.94 bits per heavy atom. The van der Waals surface area contributed by atoms with E-state index in [2.05, 4.69) is 5.32 Å². The van der Waals surface area contributed by atoms with Crippen molar-refractivity contribution in [2.45, 2.75) is 6.92 Å². The lowest BCUT2D eigenvalue weighted by molar-refractivity contribution is -0.127. The Labute approximate surface area is 203 Å². The van der Waals surface area contributed by atoms with E-state index in [9.17, 15) is 24.3 Å². The predicted molar refractivity (Wildman–Crippen MR) is 129 cm³/mol. The Morgan fingerprint density at radius 3 is 2.68 bits per heavy atom. The number of rotatable bonds is 6. The van der Waals surface area contributed by atoms with Gasteiger partial charge in [-0.1, -0.05) is 23.7 Å². The summed E-state index contributed by atoms with van der Waals surface area (Å²) in [5.74, 6) is -1.65. The van der Waals surface area contributed by atoms with Gasteiger partial charge in [-0.05, 0) is 66.7 Å². The van der Waals surface area contributed by atoms with Crippen LogP contribution in [0.25, 0.3) is 17.4 Å². The van der Waals surface area contributed by atoms with Crippen molar-refractivity contribution in [1.82, 2.24) is 4.90 Å². The number of imide groups is 1. The number of thioether (sulfide) groups is 1. The Hall–Kier alpha value is -3.82. The summed E-state index contributed by atoms with van der Waals surface area (Å²) < 4.78 is 5.71. The topological polar surface area (TPSA) is 117 Å². The van der Waals surface area contributed by atoms with E-state index in [0.717, 1.165) is 10.5 Å². The maximum absolute atomic E-state index is 12.7. The first kappa shape index (κ1) is 23.3. The SMILES string of the molecule is Cc1cccc(NC(=O)CN2C(=O)SC(=Cc3ccc(-c4cc(C(=O)O)ccc4Cl)o3)C2=O)c1. The number of carbonyl (C=O) groups is 4. The number of halogens is 1. The maximum atomic E-state index is 12.7. The van der Waals surface area contributed by atoms with Crippen molar-refractivity contribution in [2.75, 3.05) is 11.9 Å². The third-order valence-corrected chi connectivity index (χ3v) is 6.09. The average Bonchev–Trinajstić information content (AvgIpc) is 3.34. The summed E-state index contributed by atoms with van der Waals surface area (Å²) >= 11 is 6.87. The number of nitrogens with zero attached hydrogens (tertiary/aromatic N) is 1. The number of amides is 3. The molecular weight excluding hydrogens is 480 g/mol. The molecule has 34 heavy (non-hydrogen) atoms. The second-order valence-corrected chi connectivity index (χ2v) is 8.79. The van der Waals surface area contributed by atoms with Crippen LogP contribution in [0.1, 0.15) is 21.7 Å². The van der Waals surface area contributed by atoms with Gasteiger partial charge in [0.05, 0.1) is 15.5 Å². The van der Waals surface area contributed by atoms with E-state index >= 15 is 0 Å². The molecule has 2 heterocycles. The fourth-order valence-corrected chi connectivity index (χ4v) is 4.28. The van der Waals surface area contributed by atoms with Gasteiger partial charge in [0.25, 0.3) is 11.1 Å². The quantitative estimate of drug-likeness (QED) is 0.446. The molecule has 0 atom stereocenters. The number of hydrogen-bond donors (Lipinski definition) is 2. The predicted octanol–water partition coefficient (Wildman–Crippen LogP) is 5.28. The van der Waals surface area contributed by atoms with Crippen LogP contribution in [0.4, 0.5) is 10.5 Å². The Kier molecular flexibility index (Phi) is 6.58. The number of carboxylic acid groups (broad SMARTS) is 1. The summed E-state index contributed by atoms with van der Waals surface area (Å²) in [6, 6.07) is 14.5. The zero-order chi connectivity index (χ0) is 24.4. The fourth-order valence-electron chi connectivity index (χ4n) is 3.25. The van der Waals surface area contributed by atoms with Crippen LogP contribution in [-0.2, 0) is 9.59 Å². The summed E-state index contributed by atoms with van der Waals surface area (Å²) in [7, 11) is 0. The van der Waals surface area contributed by atoms with Crippen molar-refractivity contribution in [2.24, 2.45) is 0 Å². The van der Waals surface area contributed by atoms with Crippen molar-refractivity contribution >= 4 is 58.1 Å². The van der Waals surface area contributed by atoms with Crippen LogP contribution >= 0.6 is 23.4 Å². The van der Waals surface area contributed by atoms with E-state index in [4.69, 9.17) is 16.0 Å². The van der Waals surface area contributed by atoms with E-state index in [-0.39, 0.29) is 16.2 Å². The minimum absolute atomic E-state index is 0.0439. The molecular formula is C24H17ClN2O6S. The molecule has 3 amide bonds. The Morgan fingerprint density at radius 1 is 1.15 bits per heavy atom. The van der Waals surface area contributed by atoms with Crippen LogP contribution in [0.15, 0.2) is 63.9 Å². The molecule has 8 nitrogen and oxygen atoms in total. The minimum atomic E-state index is -1.11. The highest BCUT2D eigenvalue weighted by molar-refractivity contribution is 8.18. The molecule has 0 unspecified atom stereocenters. The van der Waals surface area contributed by atoms with E-state index in [0.29, 0.717) is 33.8 Å². The number of benzene rings is 2. The van der Waals surface area contributed by atoms with Crippen molar-refractivity contribution in [1.29, 1.82) is 0 Å². The summed E-state index contributed by atoms with van der Waals surface area (Å²) in [5, 5.41) is 11.6. The van der Waals surface area contributed by atoms with E-state index in [1.54, 1.807) is 30.3 Å². The normalized spacial score (nSPS) is 14.6. The van der Waals surface area contributed by atoms with Crippen LogP contribution in [0.2, 0.25) is 5.02 Å². The van der Waals surface area contributed by atoms with Crippen LogP contribution in [0.5, 0.6) is 0 Å². The second-order valence-electron chi connectivity index (χ2n) is 7.39. The summed E-state index contributed by atoms with van der Waals surface area (Å²) in [4.78, 5) is 49.6. The standard InChI is InChI=1S/C24H17ClN2O6S/c1-13-3-2-4-15(9-13)26-21(28)12-27-22(29)20(34-24(27)32)11-16-6-8-19(33-16)17-10-14(23(30)31)5-7-18(17)25/h2-11H,12H2,1H3,(H,26,28)(H,30,31). The zero-order valence-corrected chi connectivity index (χ0v) is 19.3. The lowest BCUT2D eigenvalue weighted by atomic mass is 10.1. The molecule has 0 aliphatic carbocycles. The van der Waals surface area contributed by atoms with E-state index < -0.39 is 29.6 Å². The number of carbonyl (C=O) groups excluding carboxylic acids is 3. The van der Waals surface area contributed by atoms with Crippen molar-refractivity contribution in [3.63, 3.8) is 0 Å². The van der Waals surface area contributed by atoms with E-state index in [1.807, 2.05) is 13.0 Å². The van der Waals surface area contributed by atoms with Gasteiger partial charge in [0.1, 0.15) is 18.1 Å². The third kappa shape index (κ3) is 5.05. The first-order chi connectivity index (χ1) is 16.2. The number of furan rings is 1. The van der Waals surface area contributed by atoms with E-state index in [1.165, 1.54) is 24.3 Å². The molecule has 10 heteroatoms. The minimum Gasteiger partial charge on any atom is -0.478 e. The van der Waals surface area contributed by atoms with Crippen LogP contribution in [0.3, 0.4) is 0 Å². The third-order valence-electron chi connectivity index (χ3n) is 4.86. The molecule has 1 aliphatic rings. The number of hydrogen-bond acceptors (Lipinski definition) is 6. The first-order valence-electron chi connectivity index (χ1n) is 9.96. The molecule has 0 spiro atoms. The summed E-state index contributed by atoms with van der Waals surface area (Å²) in [5.41, 5.74) is 1.95. The molecule has 1 aliphatic heterocycles. The Bertz CT molecular complexity index is 1360. The molecule has 0 radical (unpaired) electrons. The number of aromatic carboxylic acids is 1. The molecule has 1 aromatic heterocycles. The lowest BCUT2D eigenvalue weighted by Gasteiger charge is -2.12. The van der Waals surface area contributed by atoms with Gasteiger partial charge < -0.3 is 14.8 Å². The molecule has 2 aromatic carbocycles. The van der Waals surface area contributed by atoms with Crippen LogP contribution in [0, 0.1) is 6.92 Å². The number of aryl methyl sites for hydroxylation is 1. The van der Waals surface area contributed by atoms with Crippen molar-refractivity contribution < 1.29 is 28.7 Å². The molecule has 0 saturated carbocycles. The molecule has 2 N–H and O–H groups in total. The van der Waals surface area contributed by atoms with Crippen LogP contribution < -0.4 is 5.32 Å². The monoisotopic (exact) mass is 496 g/mol. The van der Waals surface area contributed by atoms with Crippen molar-refractivity contribution in [3.8, 4) is 11.3 Å². The molecule has 3 aromatic rings. The van der Waals surface area contributed by atoms with Gasteiger partial charge in [0.15, 0.2) is 0 Å². The maximum Gasteiger partial charge on any atom is 0.335 e. The molecule has 0 bridgehead atoms. The molecule has 4 rings (SSSR count). The lowest BCUT2D eigenvalue weighted by Crippen LogP contribution is -2.36. The highest BCUT2D eigenvalue weighted by Gasteiger charge is 2.36.